The Morgan fingerprint density at radius 3 is 2.50 bits per heavy atom. The van der Waals surface area contributed by atoms with Crippen LogP contribution in [0.2, 0.25) is 0 Å². The highest BCUT2D eigenvalue weighted by molar-refractivity contribution is 7.08. The molecule has 1 aliphatic heterocycles. The number of thiophene rings is 1. The number of anilines is 1. The van der Waals surface area contributed by atoms with Crippen LogP contribution in [0.1, 0.15) is 5.56 Å². The number of benzene rings is 2. The van der Waals surface area contributed by atoms with Crippen LogP contribution < -0.4 is 4.90 Å². The highest BCUT2D eigenvalue weighted by Gasteiger charge is 2.23. The van der Waals surface area contributed by atoms with Gasteiger partial charge in [0.2, 0.25) is 0 Å². The van der Waals surface area contributed by atoms with Crippen molar-refractivity contribution < 1.29 is 4.74 Å². The van der Waals surface area contributed by atoms with Crippen LogP contribution in [0.15, 0.2) is 71.4 Å². The van der Waals surface area contributed by atoms with Gasteiger partial charge < -0.3 is 9.64 Å². The summed E-state index contributed by atoms with van der Waals surface area (Å²) in [6.45, 7) is 2.70. The number of ether oxygens (including phenoxy) is 1. The van der Waals surface area contributed by atoms with Gasteiger partial charge in [0.05, 0.1) is 18.4 Å². The summed E-state index contributed by atoms with van der Waals surface area (Å²) in [6.07, 6.45) is 1.23. The van der Waals surface area contributed by atoms with Gasteiger partial charge in [-0.3, -0.25) is 0 Å². The van der Waals surface area contributed by atoms with Crippen LogP contribution in [0.5, 0.6) is 0 Å². The van der Waals surface area contributed by atoms with E-state index in [1.807, 2.05) is 0 Å². The second-order valence-electron chi connectivity index (χ2n) is 6.17. The zero-order valence-corrected chi connectivity index (χ0v) is 14.4. The van der Waals surface area contributed by atoms with E-state index in [-0.39, 0.29) is 6.10 Å². The minimum Gasteiger partial charge on any atom is -0.374 e. The van der Waals surface area contributed by atoms with Crippen molar-refractivity contribution in [3.05, 3.63) is 77.0 Å². The Kier molecular flexibility index (Phi) is 4.63. The summed E-state index contributed by atoms with van der Waals surface area (Å²) in [4.78, 5) is 2.48. The number of morpholine rings is 1. The van der Waals surface area contributed by atoms with Crippen LogP contribution in [0, 0.1) is 0 Å². The average molecular weight is 335 g/mol. The fourth-order valence-electron chi connectivity index (χ4n) is 3.31. The maximum atomic E-state index is 6.02. The van der Waals surface area contributed by atoms with Gasteiger partial charge in [0.1, 0.15) is 0 Å². The third-order valence-corrected chi connectivity index (χ3v) is 5.24. The van der Waals surface area contributed by atoms with Crippen molar-refractivity contribution in [2.45, 2.75) is 12.5 Å². The first-order valence-corrected chi connectivity index (χ1v) is 9.36. The number of hydrogen-bond acceptors (Lipinski definition) is 3. The first-order valence-electron chi connectivity index (χ1n) is 8.42. The fourth-order valence-corrected chi connectivity index (χ4v) is 4.17. The Balaban J connectivity index is 1.52. The summed E-state index contributed by atoms with van der Waals surface area (Å²) in [6, 6.07) is 21.3. The fraction of sp³-hybridized carbons (Fsp3) is 0.238. The van der Waals surface area contributed by atoms with Crippen molar-refractivity contribution in [2.24, 2.45) is 0 Å². The Labute approximate surface area is 147 Å². The highest BCUT2D eigenvalue weighted by Crippen LogP contribution is 2.35. The van der Waals surface area contributed by atoms with Gasteiger partial charge in [-0.25, -0.2) is 0 Å². The predicted molar refractivity (Wildman–Crippen MR) is 102 cm³/mol. The lowest BCUT2D eigenvalue weighted by Crippen LogP contribution is -2.43. The van der Waals surface area contributed by atoms with Crippen molar-refractivity contribution in [2.75, 3.05) is 24.6 Å². The molecule has 1 aliphatic rings. The molecule has 4 rings (SSSR count). The summed E-state index contributed by atoms with van der Waals surface area (Å²) >= 11 is 1.78. The number of rotatable bonds is 4. The van der Waals surface area contributed by atoms with E-state index in [0.717, 1.165) is 26.1 Å². The molecular weight excluding hydrogens is 314 g/mol. The van der Waals surface area contributed by atoms with E-state index < -0.39 is 0 Å². The van der Waals surface area contributed by atoms with E-state index in [9.17, 15) is 0 Å². The van der Waals surface area contributed by atoms with Crippen LogP contribution in [-0.4, -0.2) is 25.8 Å². The van der Waals surface area contributed by atoms with Crippen molar-refractivity contribution in [1.29, 1.82) is 0 Å². The van der Waals surface area contributed by atoms with E-state index in [0.29, 0.717) is 0 Å². The van der Waals surface area contributed by atoms with E-state index in [2.05, 4.69) is 76.3 Å². The highest BCUT2D eigenvalue weighted by atomic mass is 32.1. The third kappa shape index (κ3) is 3.37. The van der Waals surface area contributed by atoms with Crippen molar-refractivity contribution in [3.8, 4) is 11.1 Å². The van der Waals surface area contributed by atoms with Crippen LogP contribution in [-0.2, 0) is 11.2 Å². The molecule has 3 aromatic rings. The van der Waals surface area contributed by atoms with E-state index in [4.69, 9.17) is 4.74 Å². The molecule has 2 heterocycles. The molecular formula is C21H21NOS. The zero-order valence-electron chi connectivity index (χ0n) is 13.6. The molecule has 2 aromatic carbocycles. The van der Waals surface area contributed by atoms with Crippen molar-refractivity contribution in [1.82, 2.24) is 0 Å². The maximum absolute atomic E-state index is 6.02. The maximum Gasteiger partial charge on any atom is 0.0791 e. The quantitative estimate of drug-likeness (QED) is 0.675. The van der Waals surface area contributed by atoms with E-state index in [1.54, 1.807) is 11.3 Å². The molecule has 1 fully saturated rings. The molecule has 0 N–H and O–H groups in total. The first kappa shape index (κ1) is 15.4. The standard InChI is InChI=1S/C21H21NOS/c1-3-7-17(8-4-1)13-19-14-22(11-12-23-19)21-16-24-15-20(21)18-9-5-2-6-10-18/h1-10,15-16,19H,11-14H2. The second-order valence-corrected chi connectivity index (χ2v) is 6.91. The molecule has 0 radical (unpaired) electrons. The molecule has 0 saturated carbocycles. The molecule has 122 valence electrons. The second kappa shape index (κ2) is 7.20. The van der Waals surface area contributed by atoms with Crippen LogP contribution >= 0.6 is 11.3 Å². The largest absolute Gasteiger partial charge is 0.374 e. The minimum absolute atomic E-state index is 0.254. The van der Waals surface area contributed by atoms with Gasteiger partial charge in [-0.15, -0.1) is 11.3 Å². The molecule has 3 heteroatoms. The SMILES string of the molecule is c1ccc(CC2CN(c3cscc3-c3ccccc3)CCO2)cc1. The minimum atomic E-state index is 0.254. The molecule has 24 heavy (non-hydrogen) atoms. The molecule has 1 unspecified atom stereocenters. The molecule has 0 spiro atoms. The van der Waals surface area contributed by atoms with E-state index >= 15 is 0 Å². The summed E-state index contributed by atoms with van der Waals surface area (Å²) in [5.41, 5.74) is 5.31. The van der Waals surface area contributed by atoms with Gasteiger partial charge in [0.25, 0.3) is 0 Å². The molecule has 1 saturated heterocycles. The van der Waals surface area contributed by atoms with Crippen molar-refractivity contribution >= 4 is 17.0 Å². The Morgan fingerprint density at radius 2 is 1.71 bits per heavy atom. The molecule has 0 aliphatic carbocycles. The Bertz CT molecular complexity index is 769. The third-order valence-electron chi connectivity index (χ3n) is 4.51. The van der Waals surface area contributed by atoms with Gasteiger partial charge >= 0.3 is 0 Å². The lowest BCUT2D eigenvalue weighted by Gasteiger charge is -2.35. The van der Waals surface area contributed by atoms with E-state index in [1.165, 1.54) is 22.4 Å². The summed E-state index contributed by atoms with van der Waals surface area (Å²) < 4.78 is 6.02. The Hall–Kier alpha value is -2.10. The lowest BCUT2D eigenvalue weighted by atomic mass is 10.0. The first-order chi connectivity index (χ1) is 11.9. The van der Waals surface area contributed by atoms with Crippen LogP contribution in [0.3, 0.4) is 0 Å². The van der Waals surface area contributed by atoms with Crippen molar-refractivity contribution in [3.63, 3.8) is 0 Å². The summed E-state index contributed by atoms with van der Waals surface area (Å²) in [7, 11) is 0. The van der Waals surface area contributed by atoms with Crippen LogP contribution in [0.4, 0.5) is 5.69 Å². The normalized spacial score (nSPS) is 17.8. The molecule has 0 amide bonds. The molecule has 2 nitrogen and oxygen atoms in total. The van der Waals surface area contributed by atoms with Gasteiger partial charge in [-0.05, 0) is 11.1 Å². The number of nitrogens with zero attached hydrogens (tertiary/aromatic N) is 1. The van der Waals surface area contributed by atoms with Gasteiger partial charge in [-0.1, -0.05) is 60.7 Å². The summed E-state index contributed by atoms with van der Waals surface area (Å²) in [5, 5.41) is 4.53. The number of hydrogen-bond donors (Lipinski definition) is 0. The van der Waals surface area contributed by atoms with Gasteiger partial charge in [-0.2, -0.15) is 0 Å². The smallest absolute Gasteiger partial charge is 0.0791 e. The van der Waals surface area contributed by atoms with Gasteiger partial charge in [0, 0.05) is 35.8 Å². The topological polar surface area (TPSA) is 12.5 Å². The molecule has 1 atom stereocenters. The predicted octanol–water partition coefficient (Wildman–Crippen LogP) is 4.86. The van der Waals surface area contributed by atoms with Crippen LogP contribution in [0.25, 0.3) is 11.1 Å². The summed E-state index contributed by atoms with van der Waals surface area (Å²) in [5.74, 6) is 0. The molecule has 0 bridgehead atoms. The lowest BCUT2D eigenvalue weighted by molar-refractivity contribution is 0.0411. The average Bonchev–Trinajstić information content (AvgIpc) is 3.13. The molecule has 1 aromatic heterocycles. The zero-order chi connectivity index (χ0) is 16.2. The van der Waals surface area contributed by atoms with Gasteiger partial charge in [0.15, 0.2) is 0 Å². The Morgan fingerprint density at radius 1 is 0.958 bits per heavy atom. The monoisotopic (exact) mass is 335 g/mol.